The molecule has 0 aliphatic rings. The van der Waals surface area contributed by atoms with E-state index in [1.165, 1.54) is 5.69 Å². The second kappa shape index (κ2) is 5.67. The first kappa shape index (κ1) is 13.3. The number of nitrogens with zero attached hydrogens (tertiary/aromatic N) is 2. The van der Waals surface area contributed by atoms with Gasteiger partial charge in [-0.1, -0.05) is 35.8 Å². The van der Waals surface area contributed by atoms with Gasteiger partial charge in [-0.15, -0.1) is 0 Å². The molecule has 1 unspecified atom stereocenters. The highest BCUT2D eigenvalue weighted by Crippen LogP contribution is 2.26. The highest BCUT2D eigenvalue weighted by atomic mass is 79.9. The van der Waals surface area contributed by atoms with Gasteiger partial charge < -0.3 is 10.3 Å². The van der Waals surface area contributed by atoms with Gasteiger partial charge in [0.2, 0.25) is 0 Å². The fraction of sp³-hybridized carbons (Fsp3) is 0.357. The Bertz CT molecular complexity index is 519. The predicted molar refractivity (Wildman–Crippen MR) is 77.9 cm³/mol. The van der Waals surface area contributed by atoms with Crippen molar-refractivity contribution in [3.05, 3.63) is 47.0 Å². The van der Waals surface area contributed by atoms with Crippen LogP contribution in [0.3, 0.4) is 0 Å². The summed E-state index contributed by atoms with van der Waals surface area (Å²) in [5, 5.41) is 0. The third-order valence-electron chi connectivity index (χ3n) is 3.19. The van der Waals surface area contributed by atoms with Crippen LogP contribution in [0.15, 0.2) is 41.3 Å². The van der Waals surface area contributed by atoms with E-state index in [1.807, 2.05) is 24.7 Å². The quantitative estimate of drug-likeness (QED) is 0.941. The largest absolute Gasteiger partial charge is 0.330 e. The first-order valence-corrected chi connectivity index (χ1v) is 6.91. The zero-order chi connectivity index (χ0) is 13.1. The molecule has 0 aliphatic carbocycles. The average molecular weight is 308 g/mol. The molecule has 1 aromatic heterocycles. The lowest BCUT2D eigenvalue weighted by Crippen LogP contribution is -2.20. The molecule has 18 heavy (non-hydrogen) atoms. The van der Waals surface area contributed by atoms with Crippen LogP contribution in [0.1, 0.15) is 25.5 Å². The summed E-state index contributed by atoms with van der Waals surface area (Å²) in [6.45, 7) is 5.02. The number of halogens is 1. The highest BCUT2D eigenvalue weighted by Gasteiger charge is 2.18. The first-order valence-electron chi connectivity index (χ1n) is 6.11. The fourth-order valence-corrected chi connectivity index (χ4v) is 2.54. The Morgan fingerprint density at radius 2 is 2.17 bits per heavy atom. The number of hydrogen-bond acceptors (Lipinski definition) is 2. The van der Waals surface area contributed by atoms with E-state index in [-0.39, 0.29) is 0 Å². The smallest absolute Gasteiger partial charge is 0.0994 e. The molecule has 0 aliphatic heterocycles. The van der Waals surface area contributed by atoms with Gasteiger partial charge in [-0.3, -0.25) is 0 Å². The van der Waals surface area contributed by atoms with Crippen LogP contribution < -0.4 is 5.73 Å². The SMILES string of the molecule is CC(C)C(CN)c1cncn1-c1cccc(Br)c1. The van der Waals surface area contributed by atoms with Crippen molar-refractivity contribution in [2.24, 2.45) is 11.7 Å². The van der Waals surface area contributed by atoms with Gasteiger partial charge in [0.1, 0.15) is 0 Å². The van der Waals surface area contributed by atoms with Crippen LogP contribution in [0.25, 0.3) is 5.69 Å². The van der Waals surface area contributed by atoms with Gasteiger partial charge in [-0.05, 0) is 24.1 Å². The standard InChI is InChI=1S/C14H18BrN3/c1-10(2)13(7-16)14-8-17-9-18(14)12-5-3-4-11(15)6-12/h3-6,8-10,13H,7,16H2,1-2H3. The van der Waals surface area contributed by atoms with Crippen LogP contribution in [0.4, 0.5) is 0 Å². The van der Waals surface area contributed by atoms with E-state index in [9.17, 15) is 0 Å². The number of hydrogen-bond donors (Lipinski definition) is 1. The fourth-order valence-electron chi connectivity index (χ4n) is 2.16. The van der Waals surface area contributed by atoms with E-state index < -0.39 is 0 Å². The molecule has 1 heterocycles. The van der Waals surface area contributed by atoms with Crippen LogP contribution in [-0.2, 0) is 0 Å². The second-order valence-corrected chi connectivity index (χ2v) is 5.67. The molecule has 3 nitrogen and oxygen atoms in total. The number of aromatic nitrogens is 2. The van der Waals surface area contributed by atoms with Gasteiger partial charge >= 0.3 is 0 Å². The Labute approximate surface area is 116 Å². The monoisotopic (exact) mass is 307 g/mol. The topological polar surface area (TPSA) is 43.8 Å². The van der Waals surface area contributed by atoms with Crippen LogP contribution in [-0.4, -0.2) is 16.1 Å². The van der Waals surface area contributed by atoms with E-state index >= 15 is 0 Å². The summed E-state index contributed by atoms with van der Waals surface area (Å²) in [6.07, 6.45) is 3.76. The maximum absolute atomic E-state index is 5.89. The van der Waals surface area contributed by atoms with Gasteiger partial charge in [0.05, 0.1) is 6.33 Å². The van der Waals surface area contributed by atoms with Gasteiger partial charge in [-0.2, -0.15) is 0 Å². The summed E-state index contributed by atoms with van der Waals surface area (Å²) in [4.78, 5) is 4.27. The van der Waals surface area contributed by atoms with Gasteiger partial charge in [0.25, 0.3) is 0 Å². The molecule has 0 radical (unpaired) electrons. The molecule has 2 N–H and O–H groups in total. The number of nitrogens with two attached hydrogens (primary N) is 1. The Morgan fingerprint density at radius 3 is 2.78 bits per heavy atom. The molecule has 0 fully saturated rings. The molecule has 1 aromatic carbocycles. The summed E-state index contributed by atoms with van der Waals surface area (Å²) < 4.78 is 3.18. The Kier molecular flexibility index (Phi) is 4.19. The summed E-state index contributed by atoms with van der Waals surface area (Å²) in [6, 6.07) is 8.20. The summed E-state index contributed by atoms with van der Waals surface area (Å²) in [5.41, 5.74) is 8.17. The van der Waals surface area contributed by atoms with Crippen molar-refractivity contribution in [3.63, 3.8) is 0 Å². The predicted octanol–water partition coefficient (Wildman–Crippen LogP) is 3.33. The van der Waals surface area contributed by atoms with Gasteiger partial charge in [-0.25, -0.2) is 4.98 Å². The molecule has 1 atom stereocenters. The van der Waals surface area contributed by atoms with Crippen molar-refractivity contribution < 1.29 is 0 Å². The molecule has 0 bridgehead atoms. The van der Waals surface area contributed by atoms with E-state index in [4.69, 9.17) is 5.73 Å². The first-order chi connectivity index (χ1) is 8.63. The van der Waals surface area contributed by atoms with E-state index in [0.29, 0.717) is 18.4 Å². The summed E-state index contributed by atoms with van der Waals surface area (Å²) >= 11 is 3.50. The third kappa shape index (κ3) is 2.65. The van der Waals surface area contributed by atoms with E-state index in [2.05, 4.69) is 51.5 Å². The minimum Gasteiger partial charge on any atom is -0.330 e. The number of imidazole rings is 1. The Balaban J connectivity index is 2.44. The summed E-state index contributed by atoms with van der Waals surface area (Å²) in [5.74, 6) is 0.823. The Morgan fingerprint density at radius 1 is 1.39 bits per heavy atom. The zero-order valence-electron chi connectivity index (χ0n) is 10.7. The van der Waals surface area contributed by atoms with Gasteiger partial charge in [0, 0.05) is 34.5 Å². The average Bonchev–Trinajstić information content (AvgIpc) is 2.78. The number of rotatable bonds is 4. The molecule has 0 amide bonds. The van der Waals surface area contributed by atoms with E-state index in [0.717, 1.165) is 10.2 Å². The van der Waals surface area contributed by atoms with Crippen LogP contribution >= 0.6 is 15.9 Å². The highest BCUT2D eigenvalue weighted by molar-refractivity contribution is 9.10. The van der Waals surface area contributed by atoms with Crippen molar-refractivity contribution in [1.29, 1.82) is 0 Å². The minimum atomic E-state index is 0.325. The second-order valence-electron chi connectivity index (χ2n) is 4.75. The molecular formula is C14H18BrN3. The lowest BCUT2D eigenvalue weighted by molar-refractivity contribution is 0.490. The third-order valence-corrected chi connectivity index (χ3v) is 3.69. The zero-order valence-corrected chi connectivity index (χ0v) is 12.3. The maximum Gasteiger partial charge on any atom is 0.0994 e. The van der Waals surface area contributed by atoms with Crippen molar-refractivity contribution in [1.82, 2.24) is 9.55 Å². The van der Waals surface area contributed by atoms with Crippen molar-refractivity contribution in [3.8, 4) is 5.69 Å². The molecule has 0 saturated carbocycles. The molecule has 96 valence electrons. The molecule has 2 rings (SSSR count). The molecule has 2 aromatic rings. The minimum absolute atomic E-state index is 0.325. The summed E-state index contributed by atoms with van der Waals surface area (Å²) in [7, 11) is 0. The van der Waals surface area contributed by atoms with Crippen molar-refractivity contribution in [2.75, 3.05) is 6.54 Å². The molecular weight excluding hydrogens is 290 g/mol. The lowest BCUT2D eigenvalue weighted by Gasteiger charge is -2.20. The van der Waals surface area contributed by atoms with Crippen molar-refractivity contribution in [2.45, 2.75) is 19.8 Å². The van der Waals surface area contributed by atoms with Crippen LogP contribution in [0.2, 0.25) is 0 Å². The normalized spacial score (nSPS) is 12.9. The Hall–Kier alpha value is -1.13. The van der Waals surface area contributed by atoms with Crippen molar-refractivity contribution >= 4 is 15.9 Å². The van der Waals surface area contributed by atoms with Gasteiger partial charge in [0.15, 0.2) is 0 Å². The molecule has 0 spiro atoms. The van der Waals surface area contributed by atoms with Crippen LogP contribution in [0, 0.1) is 5.92 Å². The maximum atomic E-state index is 5.89. The molecule has 0 saturated heterocycles. The lowest BCUT2D eigenvalue weighted by atomic mass is 9.93. The molecule has 4 heteroatoms. The number of benzene rings is 1. The van der Waals surface area contributed by atoms with E-state index in [1.54, 1.807) is 0 Å². The van der Waals surface area contributed by atoms with Crippen LogP contribution in [0.5, 0.6) is 0 Å².